The molecule has 1 aliphatic rings. The number of amides is 3. The molecule has 0 spiro atoms. The van der Waals surface area contributed by atoms with Crippen molar-refractivity contribution in [1.82, 2.24) is 9.80 Å². The van der Waals surface area contributed by atoms with Gasteiger partial charge in [0.2, 0.25) is 5.91 Å². The summed E-state index contributed by atoms with van der Waals surface area (Å²) >= 11 is 0. The Balaban J connectivity index is 1.98. The summed E-state index contributed by atoms with van der Waals surface area (Å²) in [7, 11) is 5.20. The molecule has 2 rings (SSSR count). The Hall–Kier alpha value is -2.08. The lowest BCUT2D eigenvalue weighted by molar-refractivity contribution is -0.127. The Morgan fingerprint density at radius 1 is 1.26 bits per heavy atom. The molecule has 1 N–H and O–H groups in total. The summed E-state index contributed by atoms with van der Waals surface area (Å²) in [4.78, 5) is 27.4. The average Bonchev–Trinajstić information content (AvgIpc) is 3.01. The lowest BCUT2D eigenvalue weighted by Gasteiger charge is -2.22. The van der Waals surface area contributed by atoms with Gasteiger partial charge in [0, 0.05) is 40.0 Å². The van der Waals surface area contributed by atoms with Gasteiger partial charge in [0.25, 0.3) is 0 Å². The highest BCUT2D eigenvalue weighted by Crippen LogP contribution is 2.18. The molecule has 1 aromatic carbocycles. The van der Waals surface area contributed by atoms with Gasteiger partial charge in [-0.25, -0.2) is 4.79 Å². The van der Waals surface area contributed by atoms with Crippen molar-refractivity contribution in [2.75, 3.05) is 39.6 Å². The van der Waals surface area contributed by atoms with Crippen molar-refractivity contribution in [3.05, 3.63) is 29.8 Å². The van der Waals surface area contributed by atoms with Crippen LogP contribution in [-0.2, 0) is 16.0 Å². The summed E-state index contributed by atoms with van der Waals surface area (Å²) in [5.74, 6) is -0.000547. The number of carbonyl (C=O) groups excluding carboxylic acids is 2. The van der Waals surface area contributed by atoms with Crippen molar-refractivity contribution in [3.8, 4) is 0 Å². The number of hydrogen-bond acceptors (Lipinski definition) is 3. The summed E-state index contributed by atoms with van der Waals surface area (Å²) < 4.78 is 5.55. The fourth-order valence-electron chi connectivity index (χ4n) is 2.50. The zero-order chi connectivity index (χ0) is 16.8. The van der Waals surface area contributed by atoms with E-state index in [2.05, 4.69) is 5.32 Å². The third-order valence-electron chi connectivity index (χ3n) is 3.95. The quantitative estimate of drug-likeness (QED) is 0.902. The standard InChI is InChI=1S/C17H25N3O3/c1-19(2)16(21)11-13-7-4-5-9-15(13)18-17(22)20(3)12-14-8-6-10-23-14/h4-5,7,9,14H,6,8,10-12H2,1-3H3,(H,18,22)/t14-/m0/s1. The van der Waals surface area contributed by atoms with Crippen molar-refractivity contribution in [3.63, 3.8) is 0 Å². The van der Waals surface area contributed by atoms with Gasteiger partial charge in [-0.2, -0.15) is 0 Å². The molecule has 6 nitrogen and oxygen atoms in total. The van der Waals surface area contributed by atoms with Crippen LogP contribution < -0.4 is 5.32 Å². The number of nitrogens with zero attached hydrogens (tertiary/aromatic N) is 2. The fourth-order valence-corrected chi connectivity index (χ4v) is 2.50. The molecule has 3 amide bonds. The van der Waals surface area contributed by atoms with Crippen molar-refractivity contribution in [2.24, 2.45) is 0 Å². The zero-order valence-corrected chi connectivity index (χ0v) is 14.0. The minimum atomic E-state index is -0.190. The third kappa shape index (κ3) is 4.96. The van der Waals surface area contributed by atoms with Crippen molar-refractivity contribution in [1.29, 1.82) is 0 Å². The average molecular weight is 319 g/mol. The lowest BCUT2D eigenvalue weighted by atomic mass is 10.1. The first-order valence-corrected chi connectivity index (χ1v) is 7.89. The monoisotopic (exact) mass is 319 g/mol. The van der Waals surface area contributed by atoms with E-state index in [-0.39, 0.29) is 24.5 Å². The van der Waals surface area contributed by atoms with E-state index in [4.69, 9.17) is 4.74 Å². The fraction of sp³-hybridized carbons (Fsp3) is 0.529. The maximum atomic E-state index is 12.3. The summed E-state index contributed by atoms with van der Waals surface area (Å²) in [6.07, 6.45) is 2.43. The molecule has 1 fully saturated rings. The van der Waals surface area contributed by atoms with Crippen LogP contribution in [0.1, 0.15) is 18.4 Å². The molecule has 1 heterocycles. The Labute approximate surface area is 137 Å². The van der Waals surface area contributed by atoms with Crippen LogP contribution in [0.2, 0.25) is 0 Å². The molecular weight excluding hydrogens is 294 g/mol. The van der Waals surface area contributed by atoms with Gasteiger partial charge in [-0.05, 0) is 24.5 Å². The van der Waals surface area contributed by atoms with E-state index in [9.17, 15) is 9.59 Å². The predicted molar refractivity (Wildman–Crippen MR) is 89.5 cm³/mol. The van der Waals surface area contributed by atoms with Crippen LogP contribution in [0.3, 0.4) is 0 Å². The van der Waals surface area contributed by atoms with Crippen LogP contribution >= 0.6 is 0 Å². The molecule has 23 heavy (non-hydrogen) atoms. The van der Waals surface area contributed by atoms with Gasteiger partial charge >= 0.3 is 6.03 Å². The smallest absolute Gasteiger partial charge is 0.321 e. The van der Waals surface area contributed by atoms with E-state index in [1.54, 1.807) is 30.9 Å². The van der Waals surface area contributed by atoms with Crippen LogP contribution in [0.15, 0.2) is 24.3 Å². The molecule has 0 saturated carbocycles. The molecule has 0 bridgehead atoms. The second-order valence-corrected chi connectivity index (χ2v) is 6.07. The topological polar surface area (TPSA) is 61.9 Å². The Morgan fingerprint density at radius 2 is 2.00 bits per heavy atom. The van der Waals surface area contributed by atoms with Gasteiger partial charge in [0.1, 0.15) is 0 Å². The molecule has 0 radical (unpaired) electrons. The molecule has 0 aliphatic carbocycles. The van der Waals surface area contributed by atoms with Gasteiger partial charge in [-0.3, -0.25) is 4.79 Å². The molecule has 0 unspecified atom stereocenters. The summed E-state index contributed by atoms with van der Waals surface area (Å²) in [5, 5.41) is 2.89. The van der Waals surface area contributed by atoms with Crippen molar-refractivity contribution in [2.45, 2.75) is 25.4 Å². The van der Waals surface area contributed by atoms with Crippen LogP contribution in [0.25, 0.3) is 0 Å². The van der Waals surface area contributed by atoms with Crippen molar-refractivity contribution >= 4 is 17.6 Å². The normalized spacial score (nSPS) is 16.9. The van der Waals surface area contributed by atoms with Crippen LogP contribution in [-0.4, -0.2) is 62.1 Å². The number of benzene rings is 1. The van der Waals surface area contributed by atoms with Crippen molar-refractivity contribution < 1.29 is 14.3 Å². The first-order valence-electron chi connectivity index (χ1n) is 7.89. The highest BCUT2D eigenvalue weighted by Gasteiger charge is 2.20. The largest absolute Gasteiger partial charge is 0.376 e. The van der Waals surface area contributed by atoms with Crippen LogP contribution in [0.5, 0.6) is 0 Å². The first kappa shape index (κ1) is 17.3. The van der Waals surface area contributed by atoms with Gasteiger partial charge in [-0.15, -0.1) is 0 Å². The number of anilines is 1. The Kier molecular flexibility index (Phi) is 5.98. The minimum Gasteiger partial charge on any atom is -0.376 e. The van der Waals surface area contributed by atoms with Gasteiger partial charge in [0.05, 0.1) is 12.5 Å². The number of para-hydroxylation sites is 1. The third-order valence-corrected chi connectivity index (χ3v) is 3.95. The second-order valence-electron chi connectivity index (χ2n) is 6.07. The lowest BCUT2D eigenvalue weighted by Crippen LogP contribution is -2.37. The molecule has 0 aromatic heterocycles. The second kappa shape index (κ2) is 7.97. The van der Waals surface area contributed by atoms with Crippen LogP contribution in [0.4, 0.5) is 10.5 Å². The van der Waals surface area contributed by atoms with Gasteiger partial charge < -0.3 is 19.9 Å². The SMILES string of the molecule is CN(C)C(=O)Cc1ccccc1NC(=O)N(C)C[C@@H]1CCCO1. The van der Waals surface area contributed by atoms with Gasteiger partial charge in [0.15, 0.2) is 0 Å². The Bertz CT molecular complexity index is 554. The van der Waals surface area contributed by atoms with E-state index < -0.39 is 0 Å². The highest BCUT2D eigenvalue weighted by molar-refractivity contribution is 5.91. The zero-order valence-electron chi connectivity index (χ0n) is 14.0. The van der Waals surface area contributed by atoms with E-state index in [1.165, 1.54) is 0 Å². The summed E-state index contributed by atoms with van der Waals surface area (Å²) in [6.45, 7) is 1.35. The van der Waals surface area contributed by atoms with Crippen LogP contribution in [0, 0.1) is 0 Å². The van der Waals surface area contributed by atoms with E-state index in [1.807, 2.05) is 24.3 Å². The highest BCUT2D eigenvalue weighted by atomic mass is 16.5. The number of ether oxygens (including phenoxy) is 1. The van der Waals surface area contributed by atoms with E-state index in [0.717, 1.165) is 25.0 Å². The molecule has 126 valence electrons. The molecular formula is C17H25N3O3. The molecule has 1 atom stereocenters. The molecule has 1 aromatic rings. The number of hydrogen-bond donors (Lipinski definition) is 1. The number of carbonyl (C=O) groups is 2. The predicted octanol–water partition coefficient (Wildman–Crippen LogP) is 1.96. The number of likely N-dealkylation sites (N-methyl/N-ethyl adjacent to an activating group) is 2. The summed E-state index contributed by atoms with van der Waals surface area (Å²) in [5.41, 5.74) is 1.48. The number of rotatable bonds is 5. The number of nitrogens with one attached hydrogen (secondary N) is 1. The maximum absolute atomic E-state index is 12.3. The van der Waals surface area contributed by atoms with E-state index >= 15 is 0 Å². The first-order chi connectivity index (χ1) is 11.0. The Morgan fingerprint density at radius 3 is 2.65 bits per heavy atom. The molecule has 6 heteroatoms. The summed E-state index contributed by atoms with van der Waals surface area (Å²) in [6, 6.07) is 7.20. The maximum Gasteiger partial charge on any atom is 0.321 e. The van der Waals surface area contributed by atoms with E-state index in [0.29, 0.717) is 12.2 Å². The number of urea groups is 1. The molecule has 1 aliphatic heterocycles. The van der Waals surface area contributed by atoms with Gasteiger partial charge in [-0.1, -0.05) is 18.2 Å². The minimum absolute atomic E-state index is 0.000547. The molecule has 1 saturated heterocycles.